The fourth-order valence-corrected chi connectivity index (χ4v) is 4.47. The molecule has 3 nitrogen and oxygen atoms in total. The first-order valence-electron chi connectivity index (χ1n) is 8.52. The summed E-state index contributed by atoms with van der Waals surface area (Å²) >= 11 is 0. The number of nitrogens with zero attached hydrogens (tertiary/aromatic N) is 1. The average Bonchev–Trinajstić information content (AvgIpc) is 3.11. The zero-order chi connectivity index (χ0) is 14.2. The van der Waals surface area contributed by atoms with Gasteiger partial charge >= 0.3 is 0 Å². The molecule has 3 aliphatic rings. The largest absolute Gasteiger partial charge is 0.493 e. The molecule has 3 unspecified atom stereocenters. The van der Waals surface area contributed by atoms with E-state index in [1.165, 1.54) is 50.0 Å². The Morgan fingerprint density at radius 3 is 3.10 bits per heavy atom. The van der Waals surface area contributed by atoms with Gasteiger partial charge in [-0.2, -0.15) is 0 Å². The Labute approximate surface area is 127 Å². The first-order chi connectivity index (χ1) is 10.3. The fraction of sp³-hybridized carbons (Fsp3) is 0.667. The Hall–Kier alpha value is -1.06. The predicted molar refractivity (Wildman–Crippen MR) is 84.6 cm³/mol. The highest BCUT2D eigenvalue weighted by atomic mass is 16.5. The van der Waals surface area contributed by atoms with E-state index >= 15 is 0 Å². The summed E-state index contributed by atoms with van der Waals surface area (Å²) in [6.45, 7) is 4.53. The van der Waals surface area contributed by atoms with Crippen LogP contribution in [0.4, 0.5) is 0 Å². The molecule has 21 heavy (non-hydrogen) atoms. The molecule has 1 aliphatic carbocycles. The SMILES string of the molecule is NC1CCCC2CN(CCc3ccc4c(c3)CCO4)CC12. The van der Waals surface area contributed by atoms with Gasteiger partial charge in [-0.3, -0.25) is 0 Å². The van der Waals surface area contributed by atoms with Gasteiger partial charge in [0.1, 0.15) is 5.75 Å². The maximum Gasteiger partial charge on any atom is 0.122 e. The third kappa shape index (κ3) is 2.69. The molecule has 0 aromatic heterocycles. The molecule has 3 heteroatoms. The summed E-state index contributed by atoms with van der Waals surface area (Å²) in [5, 5.41) is 0. The number of hydrogen-bond acceptors (Lipinski definition) is 3. The van der Waals surface area contributed by atoms with E-state index in [0.29, 0.717) is 6.04 Å². The van der Waals surface area contributed by atoms with E-state index in [1.54, 1.807) is 0 Å². The lowest BCUT2D eigenvalue weighted by Crippen LogP contribution is -2.38. The third-order valence-corrected chi connectivity index (χ3v) is 5.70. The predicted octanol–water partition coefficient (Wildman–Crippen LogP) is 2.22. The van der Waals surface area contributed by atoms with Gasteiger partial charge in [-0.1, -0.05) is 18.6 Å². The van der Waals surface area contributed by atoms with Gasteiger partial charge in [-0.15, -0.1) is 0 Å². The molecular weight excluding hydrogens is 260 g/mol. The van der Waals surface area contributed by atoms with Crippen molar-refractivity contribution in [3.05, 3.63) is 29.3 Å². The second-order valence-corrected chi connectivity index (χ2v) is 7.07. The molecule has 3 atom stereocenters. The van der Waals surface area contributed by atoms with Gasteiger partial charge in [0.05, 0.1) is 6.61 Å². The smallest absolute Gasteiger partial charge is 0.122 e. The summed E-state index contributed by atoms with van der Waals surface area (Å²) in [6, 6.07) is 7.18. The van der Waals surface area contributed by atoms with Gasteiger partial charge in [0.2, 0.25) is 0 Å². The van der Waals surface area contributed by atoms with Crippen LogP contribution in [0.5, 0.6) is 5.75 Å². The van der Waals surface area contributed by atoms with E-state index < -0.39 is 0 Å². The Kier molecular flexibility index (Phi) is 3.64. The van der Waals surface area contributed by atoms with Gasteiger partial charge in [-0.25, -0.2) is 0 Å². The number of nitrogens with two attached hydrogens (primary N) is 1. The lowest BCUT2D eigenvalue weighted by Gasteiger charge is -2.29. The van der Waals surface area contributed by atoms with Crippen LogP contribution >= 0.6 is 0 Å². The fourth-order valence-electron chi connectivity index (χ4n) is 4.47. The summed E-state index contributed by atoms with van der Waals surface area (Å²) in [5.74, 6) is 2.71. The van der Waals surface area contributed by atoms with E-state index in [2.05, 4.69) is 23.1 Å². The highest BCUT2D eigenvalue weighted by molar-refractivity contribution is 5.39. The van der Waals surface area contributed by atoms with Crippen molar-refractivity contribution in [2.75, 3.05) is 26.2 Å². The molecule has 0 spiro atoms. The molecule has 0 bridgehead atoms. The van der Waals surface area contributed by atoms with Gasteiger partial charge in [0, 0.05) is 32.1 Å². The monoisotopic (exact) mass is 286 g/mol. The van der Waals surface area contributed by atoms with E-state index in [-0.39, 0.29) is 0 Å². The highest BCUT2D eigenvalue weighted by Crippen LogP contribution is 2.35. The van der Waals surface area contributed by atoms with Crippen molar-refractivity contribution in [2.45, 2.75) is 38.1 Å². The molecule has 1 aromatic carbocycles. The summed E-state index contributed by atoms with van der Waals surface area (Å²) in [4.78, 5) is 2.64. The number of rotatable bonds is 3. The van der Waals surface area contributed by atoms with Crippen molar-refractivity contribution in [3.63, 3.8) is 0 Å². The Morgan fingerprint density at radius 1 is 1.24 bits per heavy atom. The molecular formula is C18H26N2O. The summed E-state index contributed by atoms with van der Waals surface area (Å²) in [6.07, 6.45) is 6.19. The first kappa shape index (κ1) is 13.6. The Balaban J connectivity index is 1.35. The molecule has 2 aliphatic heterocycles. The summed E-state index contributed by atoms with van der Waals surface area (Å²) in [5.41, 5.74) is 9.16. The van der Waals surface area contributed by atoms with Crippen LogP contribution in [-0.4, -0.2) is 37.2 Å². The standard InChI is InChI=1S/C18H26N2O/c19-17-3-1-2-15-11-20(12-16(15)17)8-6-13-4-5-18-14(10-13)7-9-21-18/h4-5,10,15-17H,1-3,6-9,11-12,19H2. The van der Waals surface area contributed by atoms with Crippen LogP contribution in [0.1, 0.15) is 30.4 Å². The quantitative estimate of drug-likeness (QED) is 0.926. The third-order valence-electron chi connectivity index (χ3n) is 5.70. The minimum Gasteiger partial charge on any atom is -0.493 e. The van der Waals surface area contributed by atoms with Crippen LogP contribution < -0.4 is 10.5 Å². The molecule has 114 valence electrons. The first-order valence-corrected chi connectivity index (χ1v) is 8.52. The minimum absolute atomic E-state index is 0.450. The van der Waals surface area contributed by atoms with Crippen molar-refractivity contribution < 1.29 is 4.74 Å². The lowest BCUT2D eigenvalue weighted by molar-refractivity contribution is 0.259. The number of likely N-dealkylation sites (tertiary alicyclic amines) is 1. The Bertz CT molecular complexity index is 516. The van der Waals surface area contributed by atoms with E-state index in [9.17, 15) is 0 Å². The molecule has 1 saturated carbocycles. The van der Waals surface area contributed by atoms with Crippen molar-refractivity contribution >= 4 is 0 Å². The van der Waals surface area contributed by atoms with Gasteiger partial charge < -0.3 is 15.4 Å². The van der Waals surface area contributed by atoms with Crippen LogP contribution in [0.3, 0.4) is 0 Å². The van der Waals surface area contributed by atoms with Crippen molar-refractivity contribution in [3.8, 4) is 5.75 Å². The topological polar surface area (TPSA) is 38.5 Å². The molecule has 0 radical (unpaired) electrons. The molecule has 2 N–H and O–H groups in total. The lowest BCUT2D eigenvalue weighted by atomic mass is 9.78. The second kappa shape index (κ2) is 5.62. The van der Waals surface area contributed by atoms with Gasteiger partial charge in [0.15, 0.2) is 0 Å². The molecule has 2 heterocycles. The molecule has 0 amide bonds. The van der Waals surface area contributed by atoms with E-state index in [0.717, 1.165) is 37.0 Å². The maximum absolute atomic E-state index is 6.31. The number of ether oxygens (including phenoxy) is 1. The second-order valence-electron chi connectivity index (χ2n) is 7.07. The molecule has 1 aromatic rings. The maximum atomic E-state index is 6.31. The number of hydrogen-bond donors (Lipinski definition) is 1. The van der Waals surface area contributed by atoms with Gasteiger partial charge in [0.25, 0.3) is 0 Å². The molecule has 1 saturated heterocycles. The zero-order valence-corrected chi connectivity index (χ0v) is 12.8. The molecule has 4 rings (SSSR count). The average molecular weight is 286 g/mol. The van der Waals surface area contributed by atoms with Crippen molar-refractivity contribution in [1.82, 2.24) is 4.90 Å². The van der Waals surface area contributed by atoms with Crippen LogP contribution in [0.15, 0.2) is 18.2 Å². The number of fused-ring (bicyclic) bond motifs is 2. The van der Waals surface area contributed by atoms with Crippen LogP contribution in [0, 0.1) is 11.8 Å². The van der Waals surface area contributed by atoms with Crippen LogP contribution in [0.2, 0.25) is 0 Å². The highest BCUT2D eigenvalue weighted by Gasteiger charge is 2.38. The number of benzene rings is 1. The molecule has 2 fully saturated rings. The Morgan fingerprint density at radius 2 is 2.19 bits per heavy atom. The van der Waals surface area contributed by atoms with Gasteiger partial charge in [-0.05, 0) is 48.3 Å². The summed E-state index contributed by atoms with van der Waals surface area (Å²) < 4.78 is 5.58. The minimum atomic E-state index is 0.450. The normalized spacial score (nSPS) is 31.8. The van der Waals surface area contributed by atoms with Crippen LogP contribution in [0.25, 0.3) is 0 Å². The van der Waals surface area contributed by atoms with Crippen molar-refractivity contribution in [1.29, 1.82) is 0 Å². The van der Waals surface area contributed by atoms with E-state index in [1.807, 2.05) is 0 Å². The summed E-state index contributed by atoms with van der Waals surface area (Å²) in [7, 11) is 0. The van der Waals surface area contributed by atoms with E-state index in [4.69, 9.17) is 10.5 Å². The van der Waals surface area contributed by atoms with Crippen LogP contribution in [-0.2, 0) is 12.8 Å². The zero-order valence-electron chi connectivity index (χ0n) is 12.8. The van der Waals surface area contributed by atoms with Crippen molar-refractivity contribution in [2.24, 2.45) is 17.6 Å².